The van der Waals surface area contributed by atoms with Crippen molar-refractivity contribution in [2.24, 2.45) is 0 Å². The van der Waals surface area contributed by atoms with E-state index >= 15 is 0 Å². The second kappa shape index (κ2) is 15.9. The molecule has 348 valence electrons. The quantitative estimate of drug-likeness (QED) is 0.122. The molecule has 0 unspecified atom stereocenters. The number of aryl methyl sites for hydroxylation is 8. The van der Waals surface area contributed by atoms with E-state index in [4.69, 9.17) is 0 Å². The number of rotatable bonds is 4. The van der Waals surface area contributed by atoms with Crippen molar-refractivity contribution >= 4 is 43.1 Å². The Kier molecular flexibility index (Phi) is 11.1. The molecule has 0 fully saturated rings. The molecule has 0 heteroatoms. The van der Waals surface area contributed by atoms with Crippen LogP contribution in [0, 0.1) is 55.4 Å². The molecule has 0 amide bonds. The highest BCUT2D eigenvalue weighted by Crippen LogP contribution is 2.49. The third-order valence-electron chi connectivity index (χ3n) is 15.4. The molecular formula is C68H76. The number of hydrogen-bond acceptors (Lipinski definition) is 0. The van der Waals surface area contributed by atoms with Gasteiger partial charge in [0, 0.05) is 0 Å². The lowest BCUT2D eigenvalue weighted by Crippen LogP contribution is -2.12. The van der Waals surface area contributed by atoms with Crippen LogP contribution in [0.2, 0.25) is 0 Å². The maximum atomic E-state index is 2.55. The van der Waals surface area contributed by atoms with Gasteiger partial charge in [-0.1, -0.05) is 132 Å². The summed E-state index contributed by atoms with van der Waals surface area (Å²) in [6.07, 6.45) is 0. The van der Waals surface area contributed by atoms with Crippen molar-refractivity contribution < 1.29 is 0 Å². The molecule has 0 atom stereocenters. The highest BCUT2D eigenvalue weighted by molar-refractivity contribution is 6.35. The first-order chi connectivity index (χ1) is 31.5. The molecule has 68 heavy (non-hydrogen) atoms. The monoisotopic (exact) mass is 893 g/mol. The van der Waals surface area contributed by atoms with Crippen LogP contribution in [0.3, 0.4) is 0 Å². The molecule has 0 saturated heterocycles. The number of hydrogen-bond donors (Lipinski definition) is 0. The first-order valence-corrected chi connectivity index (χ1v) is 25.2. The summed E-state index contributed by atoms with van der Waals surface area (Å²) in [6.45, 7) is 46.5. The Morgan fingerprint density at radius 2 is 0.382 bits per heavy atom. The van der Waals surface area contributed by atoms with E-state index in [1.165, 1.54) is 154 Å². The van der Waals surface area contributed by atoms with Crippen LogP contribution < -0.4 is 0 Å². The zero-order valence-corrected chi connectivity index (χ0v) is 45.2. The fourth-order valence-corrected chi connectivity index (χ4v) is 11.9. The summed E-state index contributed by atoms with van der Waals surface area (Å²) in [5, 5.41) is 10.6. The van der Waals surface area contributed by atoms with Gasteiger partial charge < -0.3 is 0 Å². The Balaban J connectivity index is 1.48. The molecule has 0 aliphatic carbocycles. The van der Waals surface area contributed by atoms with Crippen molar-refractivity contribution in [1.29, 1.82) is 0 Å². The van der Waals surface area contributed by atoms with E-state index < -0.39 is 0 Å². The van der Waals surface area contributed by atoms with Gasteiger partial charge in [-0.15, -0.1) is 0 Å². The SMILES string of the molecule is Cc1cc(C(C)(C)C)cc(C)c1-c1cc2cc(-c3c(C)cc(C(C)(C)C)cc3C)cc3c4cc(-c5c(C)cc(C(C)(C)C)cc5C)cc5cc(-c6c(C)cc(C(C)(C)C)cc6C)cc(c(c1)c23)c54. The molecule has 0 nitrogen and oxygen atoms in total. The molecule has 0 aromatic heterocycles. The summed E-state index contributed by atoms with van der Waals surface area (Å²) in [4.78, 5) is 0. The molecule has 9 aromatic rings. The summed E-state index contributed by atoms with van der Waals surface area (Å²) >= 11 is 0. The summed E-state index contributed by atoms with van der Waals surface area (Å²) < 4.78 is 0. The average molecular weight is 893 g/mol. The fourth-order valence-electron chi connectivity index (χ4n) is 11.9. The normalized spacial score (nSPS) is 13.0. The molecule has 0 aliphatic heterocycles. The van der Waals surface area contributed by atoms with Crippen LogP contribution in [0.1, 0.15) is 150 Å². The van der Waals surface area contributed by atoms with Crippen LogP contribution >= 0.6 is 0 Å². The van der Waals surface area contributed by atoms with Crippen LogP contribution in [-0.2, 0) is 21.7 Å². The summed E-state index contributed by atoms with van der Waals surface area (Å²) in [5.41, 5.74) is 26.9. The predicted molar refractivity (Wildman–Crippen MR) is 302 cm³/mol. The van der Waals surface area contributed by atoms with Crippen LogP contribution in [-0.4, -0.2) is 0 Å². The van der Waals surface area contributed by atoms with Gasteiger partial charge in [-0.2, -0.15) is 0 Å². The van der Waals surface area contributed by atoms with Crippen molar-refractivity contribution in [3.63, 3.8) is 0 Å². The minimum atomic E-state index is 0.0627. The van der Waals surface area contributed by atoms with Gasteiger partial charge in [-0.25, -0.2) is 0 Å². The van der Waals surface area contributed by atoms with E-state index in [-0.39, 0.29) is 21.7 Å². The van der Waals surface area contributed by atoms with E-state index in [0.717, 1.165) is 0 Å². The highest BCUT2D eigenvalue weighted by Gasteiger charge is 2.25. The van der Waals surface area contributed by atoms with Gasteiger partial charge in [-0.05, 0) is 280 Å². The zero-order valence-electron chi connectivity index (χ0n) is 45.2. The van der Waals surface area contributed by atoms with Crippen molar-refractivity contribution in [2.45, 2.75) is 160 Å². The fraction of sp³-hybridized carbons (Fsp3) is 0.353. The molecule has 0 saturated carbocycles. The predicted octanol–water partition coefficient (Wildman–Crippen LogP) is 20.1. The molecular weight excluding hydrogens is 817 g/mol. The smallest absolute Gasteiger partial charge is 0.00255 e. The largest absolute Gasteiger partial charge is 0.0561 e. The number of fused-ring (bicyclic) bond motifs is 2. The summed E-state index contributed by atoms with van der Waals surface area (Å²) in [6, 6.07) is 39.7. The zero-order chi connectivity index (χ0) is 49.5. The standard InChI is InChI=1S/C68H76/c1-37-21-51(65(9,10)11)22-38(2)59(37)47-29-45-30-48(60-39(3)23-52(24-40(60)4)66(12,13)14)35-57-58-36-50(62-43(7)27-54(28-44(62)8)68(18,19)20)32-46-31-49(34-56(64(46)58)55(33-47)63(45)57)61-41(5)25-53(26-42(61)6)67(15,16)17/h21-36H,1-20H3. The second-order valence-corrected chi connectivity index (χ2v) is 25.2. The maximum absolute atomic E-state index is 2.55. The molecule has 0 radical (unpaired) electrons. The van der Waals surface area contributed by atoms with Gasteiger partial charge in [0.1, 0.15) is 0 Å². The van der Waals surface area contributed by atoms with Crippen LogP contribution in [0.5, 0.6) is 0 Å². The van der Waals surface area contributed by atoms with Gasteiger partial charge in [-0.3, -0.25) is 0 Å². The lowest BCUT2D eigenvalue weighted by atomic mass is 9.79. The topological polar surface area (TPSA) is 0 Å². The third-order valence-corrected chi connectivity index (χ3v) is 15.4. The van der Waals surface area contributed by atoms with Crippen molar-refractivity contribution in [3.8, 4) is 44.5 Å². The molecule has 0 spiro atoms. The van der Waals surface area contributed by atoms with E-state index in [0.29, 0.717) is 0 Å². The van der Waals surface area contributed by atoms with E-state index in [2.05, 4.69) is 236 Å². The summed E-state index contributed by atoms with van der Waals surface area (Å²) in [7, 11) is 0. The van der Waals surface area contributed by atoms with Gasteiger partial charge >= 0.3 is 0 Å². The van der Waals surface area contributed by atoms with Crippen molar-refractivity contribution in [3.05, 3.63) is 164 Å². The Morgan fingerprint density at radius 1 is 0.221 bits per heavy atom. The van der Waals surface area contributed by atoms with Gasteiger partial charge in [0.25, 0.3) is 0 Å². The minimum Gasteiger partial charge on any atom is -0.0561 e. The molecule has 0 bridgehead atoms. The Hall–Kier alpha value is -5.72. The molecule has 0 N–H and O–H groups in total. The van der Waals surface area contributed by atoms with E-state index in [1.54, 1.807) is 0 Å². The Labute approximate surface area is 409 Å². The number of benzene rings is 9. The van der Waals surface area contributed by atoms with Crippen LogP contribution in [0.4, 0.5) is 0 Å². The average Bonchev–Trinajstić information content (AvgIpc) is 3.19. The highest BCUT2D eigenvalue weighted by atomic mass is 14.3. The summed E-state index contributed by atoms with van der Waals surface area (Å²) in [5.74, 6) is 0. The molecule has 0 heterocycles. The van der Waals surface area contributed by atoms with Gasteiger partial charge in [0.2, 0.25) is 0 Å². The molecule has 0 aliphatic rings. The molecule has 9 rings (SSSR count). The minimum absolute atomic E-state index is 0.0627. The molecule has 9 aromatic carbocycles. The van der Waals surface area contributed by atoms with Crippen LogP contribution in [0.25, 0.3) is 87.6 Å². The lowest BCUT2D eigenvalue weighted by molar-refractivity contribution is 0.589. The van der Waals surface area contributed by atoms with Crippen molar-refractivity contribution in [2.75, 3.05) is 0 Å². The third kappa shape index (κ3) is 8.04. The Bertz CT molecular complexity index is 2980. The van der Waals surface area contributed by atoms with Gasteiger partial charge in [0.15, 0.2) is 0 Å². The first-order valence-electron chi connectivity index (χ1n) is 25.2. The Morgan fingerprint density at radius 3 is 0.529 bits per heavy atom. The maximum Gasteiger partial charge on any atom is -0.00255 e. The van der Waals surface area contributed by atoms with Crippen LogP contribution in [0.15, 0.2) is 97.1 Å². The van der Waals surface area contributed by atoms with Crippen molar-refractivity contribution in [1.82, 2.24) is 0 Å². The lowest BCUT2D eigenvalue weighted by Gasteiger charge is -2.25. The second-order valence-electron chi connectivity index (χ2n) is 25.2. The van der Waals surface area contributed by atoms with E-state index in [9.17, 15) is 0 Å². The van der Waals surface area contributed by atoms with E-state index in [1.807, 2.05) is 0 Å². The first kappa shape index (κ1) is 47.4. The van der Waals surface area contributed by atoms with Gasteiger partial charge in [0.05, 0.1) is 0 Å².